The van der Waals surface area contributed by atoms with E-state index in [2.05, 4.69) is 31.0 Å². The Labute approximate surface area is 81.1 Å². The van der Waals surface area contributed by atoms with Crippen molar-refractivity contribution in [3.63, 3.8) is 0 Å². The molecule has 1 unspecified atom stereocenters. The number of nitrogens with one attached hydrogen (secondary N) is 1. The minimum Gasteiger partial charge on any atom is -0.394 e. The predicted octanol–water partition coefficient (Wildman–Crippen LogP) is 0.441. The lowest BCUT2D eigenvalue weighted by Crippen LogP contribution is -2.53. The van der Waals surface area contributed by atoms with Crippen molar-refractivity contribution >= 4 is 0 Å². The molecule has 1 rings (SSSR count). The van der Waals surface area contributed by atoms with Crippen molar-refractivity contribution in [3.05, 3.63) is 0 Å². The van der Waals surface area contributed by atoms with Crippen molar-refractivity contribution in [1.82, 2.24) is 10.2 Å². The first kappa shape index (κ1) is 11.0. The molecule has 0 aromatic rings. The molecule has 0 aliphatic carbocycles. The van der Waals surface area contributed by atoms with Crippen molar-refractivity contribution in [3.8, 4) is 0 Å². The summed E-state index contributed by atoms with van der Waals surface area (Å²) in [6.07, 6.45) is 1.06. The number of likely N-dealkylation sites (N-methyl/N-ethyl adjacent to an activating group) is 1. The van der Waals surface area contributed by atoms with Gasteiger partial charge in [-0.15, -0.1) is 0 Å². The van der Waals surface area contributed by atoms with Crippen LogP contribution in [0.3, 0.4) is 0 Å². The van der Waals surface area contributed by atoms with Gasteiger partial charge in [0.15, 0.2) is 0 Å². The third kappa shape index (κ3) is 2.66. The Bertz CT molecular complexity index is 161. The number of rotatable bonds is 4. The fraction of sp³-hybridized carbons (Fsp3) is 1.00. The summed E-state index contributed by atoms with van der Waals surface area (Å²) in [6.45, 7) is 9.86. The molecule has 1 heterocycles. The van der Waals surface area contributed by atoms with E-state index in [1.807, 2.05) is 0 Å². The summed E-state index contributed by atoms with van der Waals surface area (Å²) in [7, 11) is 0. The van der Waals surface area contributed by atoms with Gasteiger partial charge in [0, 0.05) is 19.1 Å². The van der Waals surface area contributed by atoms with Crippen LogP contribution in [0, 0.1) is 0 Å². The molecule has 0 amide bonds. The third-order valence-electron chi connectivity index (χ3n) is 2.78. The molecule has 0 bridgehead atoms. The molecule has 0 saturated carbocycles. The van der Waals surface area contributed by atoms with Gasteiger partial charge >= 0.3 is 0 Å². The van der Waals surface area contributed by atoms with Gasteiger partial charge in [0.1, 0.15) is 0 Å². The summed E-state index contributed by atoms with van der Waals surface area (Å²) in [6, 6.07) is 0.448. The van der Waals surface area contributed by atoms with Crippen molar-refractivity contribution < 1.29 is 5.11 Å². The zero-order valence-electron chi connectivity index (χ0n) is 9.01. The second-order valence-electron chi connectivity index (χ2n) is 4.36. The van der Waals surface area contributed by atoms with Gasteiger partial charge in [0.25, 0.3) is 0 Å². The quantitative estimate of drug-likeness (QED) is 0.669. The number of hydrogen-bond donors (Lipinski definition) is 2. The molecule has 0 aromatic carbocycles. The molecule has 0 aromatic heterocycles. The van der Waals surface area contributed by atoms with Crippen LogP contribution < -0.4 is 5.32 Å². The SMILES string of the molecule is CCN1CCC(CO)(NC(C)C)C1. The van der Waals surface area contributed by atoms with E-state index in [0.717, 1.165) is 26.1 Å². The van der Waals surface area contributed by atoms with E-state index >= 15 is 0 Å². The Morgan fingerprint density at radius 1 is 1.54 bits per heavy atom. The smallest absolute Gasteiger partial charge is 0.0626 e. The normalized spacial score (nSPS) is 30.2. The third-order valence-corrected chi connectivity index (χ3v) is 2.78. The highest BCUT2D eigenvalue weighted by atomic mass is 16.3. The highest BCUT2D eigenvalue weighted by Gasteiger charge is 2.36. The van der Waals surface area contributed by atoms with Crippen LogP contribution in [0.4, 0.5) is 0 Å². The van der Waals surface area contributed by atoms with Gasteiger partial charge < -0.3 is 15.3 Å². The Kier molecular flexibility index (Phi) is 3.71. The van der Waals surface area contributed by atoms with E-state index in [0.29, 0.717) is 6.04 Å². The number of aliphatic hydroxyl groups excluding tert-OH is 1. The number of hydrogen-bond acceptors (Lipinski definition) is 3. The molecule has 0 radical (unpaired) electrons. The first-order valence-corrected chi connectivity index (χ1v) is 5.23. The van der Waals surface area contributed by atoms with Crippen molar-refractivity contribution in [2.24, 2.45) is 0 Å². The van der Waals surface area contributed by atoms with Crippen LogP contribution in [0.5, 0.6) is 0 Å². The van der Waals surface area contributed by atoms with Gasteiger partial charge in [-0.25, -0.2) is 0 Å². The van der Waals surface area contributed by atoms with Crippen molar-refractivity contribution in [1.29, 1.82) is 0 Å². The van der Waals surface area contributed by atoms with E-state index in [9.17, 15) is 5.11 Å². The highest BCUT2D eigenvalue weighted by Crippen LogP contribution is 2.21. The zero-order valence-corrected chi connectivity index (χ0v) is 9.01. The Morgan fingerprint density at radius 3 is 2.62 bits per heavy atom. The fourth-order valence-corrected chi connectivity index (χ4v) is 2.13. The Hall–Kier alpha value is -0.120. The topological polar surface area (TPSA) is 35.5 Å². The minimum atomic E-state index is -0.0375. The summed E-state index contributed by atoms with van der Waals surface area (Å²) >= 11 is 0. The van der Waals surface area contributed by atoms with Gasteiger partial charge in [-0.1, -0.05) is 20.8 Å². The van der Waals surface area contributed by atoms with Crippen LogP contribution in [-0.4, -0.2) is 47.8 Å². The Balaban J connectivity index is 2.52. The summed E-state index contributed by atoms with van der Waals surface area (Å²) in [5, 5.41) is 12.9. The summed E-state index contributed by atoms with van der Waals surface area (Å²) in [5.41, 5.74) is -0.0375. The molecule has 1 aliphatic heterocycles. The van der Waals surface area contributed by atoms with Gasteiger partial charge in [-0.3, -0.25) is 0 Å². The molecule has 78 valence electrons. The Morgan fingerprint density at radius 2 is 2.23 bits per heavy atom. The lowest BCUT2D eigenvalue weighted by Gasteiger charge is -2.30. The average molecular weight is 186 g/mol. The minimum absolute atomic E-state index is 0.0375. The van der Waals surface area contributed by atoms with Crippen LogP contribution in [-0.2, 0) is 0 Å². The van der Waals surface area contributed by atoms with Gasteiger partial charge in [-0.05, 0) is 13.0 Å². The van der Waals surface area contributed by atoms with Crippen molar-refractivity contribution in [2.75, 3.05) is 26.2 Å². The van der Waals surface area contributed by atoms with Crippen LogP contribution >= 0.6 is 0 Å². The largest absolute Gasteiger partial charge is 0.394 e. The second-order valence-corrected chi connectivity index (χ2v) is 4.36. The van der Waals surface area contributed by atoms with Crippen LogP contribution in [0.2, 0.25) is 0 Å². The monoisotopic (exact) mass is 186 g/mol. The molecule has 2 N–H and O–H groups in total. The second kappa shape index (κ2) is 4.40. The van der Waals surface area contributed by atoms with Crippen LogP contribution in [0.15, 0.2) is 0 Å². The highest BCUT2D eigenvalue weighted by molar-refractivity contribution is 4.97. The molecule has 1 saturated heterocycles. The van der Waals surface area contributed by atoms with Crippen molar-refractivity contribution in [2.45, 2.75) is 38.8 Å². The molecule has 1 fully saturated rings. The first-order valence-electron chi connectivity index (χ1n) is 5.23. The van der Waals surface area contributed by atoms with E-state index in [1.165, 1.54) is 0 Å². The summed E-state index contributed by atoms with van der Waals surface area (Å²) in [4.78, 5) is 2.38. The van der Waals surface area contributed by atoms with Crippen LogP contribution in [0.1, 0.15) is 27.2 Å². The molecule has 1 aliphatic rings. The maximum atomic E-state index is 9.39. The molecule has 3 heteroatoms. The fourth-order valence-electron chi connectivity index (χ4n) is 2.13. The van der Waals surface area contributed by atoms with E-state index in [-0.39, 0.29) is 12.1 Å². The number of aliphatic hydroxyl groups is 1. The summed E-state index contributed by atoms with van der Waals surface area (Å²) in [5.74, 6) is 0. The van der Waals surface area contributed by atoms with Gasteiger partial charge in [0.2, 0.25) is 0 Å². The lowest BCUT2D eigenvalue weighted by atomic mass is 9.99. The molecule has 3 nitrogen and oxygen atoms in total. The van der Waals surface area contributed by atoms with Gasteiger partial charge in [-0.2, -0.15) is 0 Å². The molecule has 13 heavy (non-hydrogen) atoms. The maximum Gasteiger partial charge on any atom is 0.0626 e. The summed E-state index contributed by atoms with van der Waals surface area (Å²) < 4.78 is 0. The molecule has 1 atom stereocenters. The first-order chi connectivity index (χ1) is 6.12. The van der Waals surface area contributed by atoms with E-state index < -0.39 is 0 Å². The van der Waals surface area contributed by atoms with E-state index in [4.69, 9.17) is 0 Å². The van der Waals surface area contributed by atoms with Gasteiger partial charge in [0.05, 0.1) is 12.1 Å². The zero-order chi connectivity index (χ0) is 9.90. The molecular weight excluding hydrogens is 164 g/mol. The molecular formula is C10H22N2O. The lowest BCUT2D eigenvalue weighted by molar-refractivity contribution is 0.153. The standard InChI is InChI=1S/C10H22N2O/c1-4-12-6-5-10(7-12,8-13)11-9(2)3/h9,11,13H,4-8H2,1-3H3. The predicted molar refractivity (Wildman–Crippen MR) is 54.8 cm³/mol. The average Bonchev–Trinajstić information content (AvgIpc) is 2.48. The molecule has 0 spiro atoms. The van der Waals surface area contributed by atoms with E-state index in [1.54, 1.807) is 0 Å². The maximum absolute atomic E-state index is 9.39. The number of likely N-dealkylation sites (tertiary alicyclic amines) is 1. The van der Waals surface area contributed by atoms with Crippen LogP contribution in [0.25, 0.3) is 0 Å². The number of nitrogens with zero attached hydrogens (tertiary/aromatic N) is 1.